The van der Waals surface area contributed by atoms with Gasteiger partial charge in [0.2, 0.25) is 0 Å². The van der Waals surface area contributed by atoms with Gasteiger partial charge in [-0.05, 0) is 17.7 Å². The van der Waals surface area contributed by atoms with Crippen molar-refractivity contribution in [1.29, 1.82) is 0 Å². The summed E-state index contributed by atoms with van der Waals surface area (Å²) in [5, 5.41) is 7.74. The quantitative estimate of drug-likeness (QED) is 0.887. The van der Waals surface area contributed by atoms with E-state index in [1.165, 1.54) is 0 Å². The second kappa shape index (κ2) is 4.93. The monoisotopic (exact) mass is 274 g/mol. The van der Waals surface area contributed by atoms with E-state index in [1.54, 1.807) is 11.8 Å². The highest BCUT2D eigenvalue weighted by atomic mass is 16.5. The summed E-state index contributed by atoms with van der Waals surface area (Å²) in [6.07, 6.45) is -0.129. The summed E-state index contributed by atoms with van der Waals surface area (Å²) >= 11 is 0. The molecule has 1 aliphatic heterocycles. The number of carbonyl (C=O) groups is 1. The van der Waals surface area contributed by atoms with E-state index in [-0.39, 0.29) is 18.4 Å². The van der Waals surface area contributed by atoms with E-state index in [9.17, 15) is 4.79 Å². The number of ether oxygens (including phenoxy) is 2. The Morgan fingerprint density at radius 1 is 1.45 bits per heavy atom. The van der Waals surface area contributed by atoms with Gasteiger partial charge in [-0.2, -0.15) is 0 Å². The van der Waals surface area contributed by atoms with Crippen molar-refractivity contribution in [2.75, 3.05) is 7.11 Å². The smallest absolute Gasteiger partial charge is 0.271 e. The van der Waals surface area contributed by atoms with Crippen LogP contribution in [-0.4, -0.2) is 28.0 Å². The van der Waals surface area contributed by atoms with Crippen LogP contribution in [0.15, 0.2) is 24.3 Å². The van der Waals surface area contributed by atoms with Crippen LogP contribution < -0.4 is 10.5 Å². The minimum absolute atomic E-state index is 0.129. The van der Waals surface area contributed by atoms with Gasteiger partial charge in [-0.25, -0.2) is 4.68 Å². The Labute approximate surface area is 115 Å². The molecule has 2 N–H and O–H groups in total. The van der Waals surface area contributed by atoms with Crippen molar-refractivity contribution in [1.82, 2.24) is 15.0 Å². The number of amides is 1. The molecule has 7 heteroatoms. The molecule has 0 bridgehead atoms. The second-order valence-corrected chi connectivity index (χ2v) is 4.50. The normalized spacial score (nSPS) is 17.6. The Hall–Kier alpha value is -2.41. The van der Waals surface area contributed by atoms with Crippen molar-refractivity contribution in [3.05, 3.63) is 41.2 Å². The minimum atomic E-state index is -0.585. The Kier molecular flexibility index (Phi) is 3.11. The number of aromatic nitrogens is 3. The average Bonchev–Trinajstić information content (AvgIpc) is 2.90. The molecule has 0 radical (unpaired) electrons. The lowest BCUT2D eigenvalue weighted by Crippen LogP contribution is -2.24. The summed E-state index contributed by atoms with van der Waals surface area (Å²) in [4.78, 5) is 11.2. The van der Waals surface area contributed by atoms with Gasteiger partial charge in [0.1, 0.15) is 11.9 Å². The SMILES string of the molecule is COc1ccc([C@@H]2Cn3nnc(C(N)=O)c3CO2)cc1. The van der Waals surface area contributed by atoms with Crippen LogP contribution in [-0.2, 0) is 17.9 Å². The van der Waals surface area contributed by atoms with Crippen molar-refractivity contribution < 1.29 is 14.3 Å². The van der Waals surface area contributed by atoms with Crippen molar-refractivity contribution in [3.63, 3.8) is 0 Å². The van der Waals surface area contributed by atoms with Crippen LogP contribution in [0.5, 0.6) is 5.75 Å². The van der Waals surface area contributed by atoms with Gasteiger partial charge in [0.15, 0.2) is 5.69 Å². The number of hydrogen-bond acceptors (Lipinski definition) is 5. The number of nitrogens with zero attached hydrogens (tertiary/aromatic N) is 3. The molecule has 1 aromatic carbocycles. The maximum atomic E-state index is 11.2. The summed E-state index contributed by atoms with van der Waals surface area (Å²) in [6, 6.07) is 7.65. The van der Waals surface area contributed by atoms with E-state index < -0.39 is 5.91 Å². The zero-order valence-electron chi connectivity index (χ0n) is 10.9. The van der Waals surface area contributed by atoms with E-state index in [1.807, 2.05) is 24.3 Å². The number of nitrogens with two attached hydrogens (primary N) is 1. The van der Waals surface area contributed by atoms with Crippen LogP contribution in [0.4, 0.5) is 0 Å². The first-order valence-electron chi connectivity index (χ1n) is 6.16. The molecule has 0 fully saturated rings. The van der Waals surface area contributed by atoms with Crippen molar-refractivity contribution in [2.45, 2.75) is 19.3 Å². The maximum absolute atomic E-state index is 11.2. The van der Waals surface area contributed by atoms with Crippen LogP contribution in [0.25, 0.3) is 0 Å². The first kappa shape index (κ1) is 12.6. The molecule has 0 spiro atoms. The molecule has 1 aliphatic rings. The van der Waals surface area contributed by atoms with Gasteiger partial charge in [0.25, 0.3) is 5.91 Å². The largest absolute Gasteiger partial charge is 0.497 e. The standard InChI is InChI=1S/C13H14N4O3/c1-19-9-4-2-8(3-5-9)11-6-17-10(7-20-11)12(13(14)18)15-16-17/h2-5,11H,6-7H2,1H3,(H2,14,18)/t11-/m0/s1. The van der Waals surface area contributed by atoms with E-state index in [4.69, 9.17) is 15.2 Å². The van der Waals surface area contributed by atoms with Crippen LogP contribution in [0.3, 0.4) is 0 Å². The van der Waals surface area contributed by atoms with Gasteiger partial charge in [-0.3, -0.25) is 4.79 Å². The highest BCUT2D eigenvalue weighted by Gasteiger charge is 2.26. The summed E-state index contributed by atoms with van der Waals surface area (Å²) < 4.78 is 12.6. The fourth-order valence-corrected chi connectivity index (χ4v) is 2.22. The molecule has 0 saturated carbocycles. The lowest BCUT2D eigenvalue weighted by Gasteiger charge is -2.24. The third kappa shape index (κ3) is 2.12. The van der Waals surface area contributed by atoms with Crippen LogP contribution in [0.2, 0.25) is 0 Å². The van der Waals surface area contributed by atoms with E-state index in [2.05, 4.69) is 10.3 Å². The van der Waals surface area contributed by atoms with E-state index in [0.717, 1.165) is 11.3 Å². The Morgan fingerprint density at radius 3 is 2.85 bits per heavy atom. The Bertz CT molecular complexity index is 636. The summed E-state index contributed by atoms with van der Waals surface area (Å²) in [6.45, 7) is 0.768. The molecule has 0 aliphatic carbocycles. The number of fused-ring (bicyclic) bond motifs is 1. The summed E-state index contributed by atoms with van der Waals surface area (Å²) in [7, 11) is 1.62. The highest BCUT2D eigenvalue weighted by Crippen LogP contribution is 2.27. The Balaban J connectivity index is 1.83. The first-order chi connectivity index (χ1) is 9.69. The minimum Gasteiger partial charge on any atom is -0.497 e. The van der Waals surface area contributed by atoms with Gasteiger partial charge >= 0.3 is 0 Å². The van der Waals surface area contributed by atoms with Crippen molar-refractivity contribution in [2.24, 2.45) is 5.73 Å². The molecule has 104 valence electrons. The number of hydrogen-bond donors (Lipinski definition) is 1. The lowest BCUT2D eigenvalue weighted by atomic mass is 10.1. The maximum Gasteiger partial charge on any atom is 0.271 e. The van der Waals surface area contributed by atoms with E-state index in [0.29, 0.717) is 12.2 Å². The fraction of sp³-hybridized carbons (Fsp3) is 0.308. The van der Waals surface area contributed by atoms with Crippen LogP contribution in [0.1, 0.15) is 27.8 Å². The molecule has 1 aromatic heterocycles. The zero-order chi connectivity index (χ0) is 14.1. The van der Waals surface area contributed by atoms with Crippen LogP contribution >= 0.6 is 0 Å². The lowest BCUT2D eigenvalue weighted by molar-refractivity contribution is -0.00175. The number of carbonyl (C=O) groups excluding carboxylic acids is 1. The second-order valence-electron chi connectivity index (χ2n) is 4.50. The first-order valence-corrected chi connectivity index (χ1v) is 6.16. The summed E-state index contributed by atoms with van der Waals surface area (Å²) in [5.74, 6) is 0.208. The molecule has 2 heterocycles. The van der Waals surface area contributed by atoms with Gasteiger partial charge < -0.3 is 15.2 Å². The van der Waals surface area contributed by atoms with Gasteiger partial charge in [0, 0.05) is 0 Å². The molecule has 3 rings (SSSR count). The Morgan fingerprint density at radius 2 is 2.20 bits per heavy atom. The van der Waals surface area contributed by atoms with Crippen LogP contribution in [0, 0.1) is 0 Å². The molecule has 1 atom stereocenters. The molecule has 2 aromatic rings. The summed E-state index contributed by atoms with van der Waals surface area (Å²) in [5.41, 5.74) is 7.06. The molecular weight excluding hydrogens is 260 g/mol. The third-order valence-corrected chi connectivity index (χ3v) is 3.32. The number of benzene rings is 1. The third-order valence-electron chi connectivity index (χ3n) is 3.32. The predicted octanol–water partition coefficient (Wildman–Crippen LogP) is 0.657. The molecule has 0 saturated heterocycles. The highest BCUT2D eigenvalue weighted by molar-refractivity contribution is 5.91. The molecular formula is C13H14N4O3. The molecule has 20 heavy (non-hydrogen) atoms. The molecule has 1 amide bonds. The predicted molar refractivity (Wildman–Crippen MR) is 69.1 cm³/mol. The number of rotatable bonds is 3. The van der Waals surface area contributed by atoms with Gasteiger partial charge in [-0.15, -0.1) is 5.10 Å². The van der Waals surface area contributed by atoms with Crippen molar-refractivity contribution in [3.8, 4) is 5.75 Å². The van der Waals surface area contributed by atoms with Gasteiger partial charge in [0.05, 0.1) is 26.0 Å². The number of primary amides is 1. The zero-order valence-corrected chi connectivity index (χ0v) is 10.9. The van der Waals surface area contributed by atoms with Gasteiger partial charge in [-0.1, -0.05) is 17.3 Å². The molecule has 0 unspecified atom stereocenters. The topological polar surface area (TPSA) is 92.3 Å². The fourth-order valence-electron chi connectivity index (χ4n) is 2.22. The van der Waals surface area contributed by atoms with Crippen molar-refractivity contribution >= 4 is 5.91 Å². The number of methoxy groups -OCH3 is 1. The average molecular weight is 274 g/mol. The molecule has 7 nitrogen and oxygen atoms in total. The van der Waals surface area contributed by atoms with E-state index >= 15 is 0 Å².